The first-order chi connectivity index (χ1) is 13.0. The number of carbonyl (C=O) groups is 1. The summed E-state index contributed by atoms with van der Waals surface area (Å²) in [6.07, 6.45) is 8.39. The maximum absolute atomic E-state index is 12.0. The molecule has 0 bridgehead atoms. The van der Waals surface area contributed by atoms with Crippen molar-refractivity contribution in [2.24, 2.45) is 29.6 Å². The van der Waals surface area contributed by atoms with Crippen molar-refractivity contribution >= 4 is 17.1 Å². The van der Waals surface area contributed by atoms with E-state index in [0.29, 0.717) is 23.7 Å². The number of pyridine rings is 1. The minimum Gasteiger partial charge on any atom is -0.355 e. The fourth-order valence-corrected chi connectivity index (χ4v) is 4.44. The summed E-state index contributed by atoms with van der Waals surface area (Å²) in [5.74, 6) is 3.66. The molecule has 1 amide bonds. The van der Waals surface area contributed by atoms with Crippen molar-refractivity contribution in [3.05, 3.63) is 35.8 Å². The second kappa shape index (κ2) is 7.45. The third kappa shape index (κ3) is 4.07. The van der Waals surface area contributed by atoms with E-state index in [1.54, 1.807) is 6.20 Å². The summed E-state index contributed by atoms with van der Waals surface area (Å²) in [5, 5.41) is 3.19. The number of imidazole rings is 1. The van der Waals surface area contributed by atoms with Gasteiger partial charge in [0.15, 0.2) is 5.65 Å². The smallest absolute Gasteiger partial charge is 0.223 e. The van der Waals surface area contributed by atoms with E-state index in [-0.39, 0.29) is 11.8 Å². The number of carbonyl (C=O) groups excluding carboxylic acids is 1. The fraction of sp³-hybridized carbons (Fsp3) is 0.591. The van der Waals surface area contributed by atoms with Gasteiger partial charge >= 0.3 is 0 Å². The Morgan fingerprint density at radius 2 is 2.19 bits per heavy atom. The largest absolute Gasteiger partial charge is 0.355 e. The van der Waals surface area contributed by atoms with Gasteiger partial charge in [0.05, 0.1) is 5.52 Å². The molecule has 27 heavy (non-hydrogen) atoms. The van der Waals surface area contributed by atoms with Gasteiger partial charge in [-0.3, -0.25) is 4.79 Å². The Hall–Kier alpha value is -2.17. The maximum Gasteiger partial charge on any atom is 0.223 e. The summed E-state index contributed by atoms with van der Waals surface area (Å²) < 4.78 is 0. The lowest BCUT2D eigenvalue weighted by molar-refractivity contribution is -0.122. The molecule has 0 aromatic carbocycles. The molecule has 1 saturated carbocycles. The van der Waals surface area contributed by atoms with Gasteiger partial charge in [0.2, 0.25) is 5.91 Å². The van der Waals surface area contributed by atoms with Crippen LogP contribution in [0.4, 0.5) is 0 Å². The van der Waals surface area contributed by atoms with Gasteiger partial charge in [-0.25, -0.2) is 9.97 Å². The number of amides is 1. The maximum atomic E-state index is 12.0. The quantitative estimate of drug-likeness (QED) is 0.762. The molecule has 2 N–H and O–H groups in total. The molecule has 3 atom stereocenters. The molecule has 5 heteroatoms. The molecule has 2 aromatic heterocycles. The van der Waals surface area contributed by atoms with Crippen LogP contribution in [0.5, 0.6) is 0 Å². The summed E-state index contributed by atoms with van der Waals surface area (Å²) in [6.45, 7) is 7.61. The molecular formula is C22H30N4O. The number of aromatic amines is 1. The van der Waals surface area contributed by atoms with E-state index in [9.17, 15) is 4.79 Å². The van der Waals surface area contributed by atoms with Gasteiger partial charge < -0.3 is 10.3 Å². The number of allylic oxidation sites excluding steroid dienone is 1. The summed E-state index contributed by atoms with van der Waals surface area (Å²) in [5.41, 5.74) is 3.23. The number of fused-ring (bicyclic) bond motifs is 1. The molecule has 5 nitrogen and oxygen atoms in total. The summed E-state index contributed by atoms with van der Waals surface area (Å²) in [4.78, 5) is 24.5. The van der Waals surface area contributed by atoms with E-state index in [4.69, 9.17) is 0 Å². The SMILES string of the molecule is CC1=CC(CNC(=O)C2CC2)C(C(C)C)CC1Cc1nc2ncccc2[nH]1. The molecule has 2 aliphatic carbocycles. The molecule has 0 radical (unpaired) electrons. The molecule has 0 saturated heterocycles. The Bertz CT molecular complexity index is 816. The number of hydrogen-bond acceptors (Lipinski definition) is 3. The molecule has 2 aliphatic rings. The Morgan fingerprint density at radius 3 is 2.89 bits per heavy atom. The van der Waals surface area contributed by atoms with Crippen LogP contribution < -0.4 is 5.32 Å². The van der Waals surface area contributed by atoms with Crippen LogP contribution in [0.2, 0.25) is 0 Å². The zero-order chi connectivity index (χ0) is 19.0. The van der Waals surface area contributed by atoms with Gasteiger partial charge in [-0.05, 0) is 62.0 Å². The average molecular weight is 367 g/mol. The van der Waals surface area contributed by atoms with Crippen molar-refractivity contribution in [1.29, 1.82) is 0 Å². The van der Waals surface area contributed by atoms with Crippen LogP contribution in [0.15, 0.2) is 30.0 Å². The van der Waals surface area contributed by atoms with Gasteiger partial charge in [-0.2, -0.15) is 0 Å². The Labute approximate surface area is 161 Å². The lowest BCUT2D eigenvalue weighted by Crippen LogP contribution is -2.37. The minimum absolute atomic E-state index is 0.250. The van der Waals surface area contributed by atoms with Crippen LogP contribution in [0.25, 0.3) is 11.2 Å². The lowest BCUT2D eigenvalue weighted by atomic mass is 9.69. The Morgan fingerprint density at radius 1 is 1.37 bits per heavy atom. The van der Waals surface area contributed by atoms with Crippen molar-refractivity contribution < 1.29 is 4.79 Å². The highest BCUT2D eigenvalue weighted by Crippen LogP contribution is 2.39. The fourth-order valence-electron chi connectivity index (χ4n) is 4.44. The highest BCUT2D eigenvalue weighted by atomic mass is 16.2. The van der Waals surface area contributed by atoms with Gasteiger partial charge in [-0.1, -0.05) is 25.5 Å². The number of nitrogens with one attached hydrogen (secondary N) is 2. The van der Waals surface area contributed by atoms with Crippen LogP contribution >= 0.6 is 0 Å². The van der Waals surface area contributed by atoms with Crippen molar-refractivity contribution in [2.75, 3.05) is 6.54 Å². The van der Waals surface area contributed by atoms with Gasteiger partial charge in [0, 0.05) is 25.1 Å². The second-order valence-corrected chi connectivity index (χ2v) is 8.70. The van der Waals surface area contributed by atoms with Crippen LogP contribution in [-0.4, -0.2) is 27.4 Å². The van der Waals surface area contributed by atoms with Gasteiger partial charge in [0.1, 0.15) is 5.82 Å². The van der Waals surface area contributed by atoms with E-state index in [0.717, 1.165) is 49.2 Å². The minimum atomic E-state index is 0.250. The Kier molecular flexibility index (Phi) is 5.02. The molecule has 3 unspecified atom stereocenters. The van der Waals surface area contributed by atoms with E-state index < -0.39 is 0 Å². The van der Waals surface area contributed by atoms with Crippen LogP contribution in [0.3, 0.4) is 0 Å². The van der Waals surface area contributed by atoms with Crippen molar-refractivity contribution in [3.63, 3.8) is 0 Å². The van der Waals surface area contributed by atoms with Crippen LogP contribution in [0.1, 0.15) is 45.9 Å². The topological polar surface area (TPSA) is 70.7 Å². The van der Waals surface area contributed by atoms with Crippen molar-refractivity contribution in [1.82, 2.24) is 20.3 Å². The number of rotatable bonds is 6. The summed E-state index contributed by atoms with van der Waals surface area (Å²) >= 11 is 0. The first-order valence-corrected chi connectivity index (χ1v) is 10.3. The standard InChI is InChI=1S/C22H30N4O/c1-13(2)18-10-16(11-20-25-19-5-4-8-23-21(19)26-20)14(3)9-17(18)12-24-22(27)15-6-7-15/h4-5,8-9,13,15-18H,6-7,10-12H2,1-3H3,(H,24,27)(H,23,25,26). The van der Waals surface area contributed by atoms with Gasteiger partial charge in [0.25, 0.3) is 0 Å². The Balaban J connectivity index is 1.47. The zero-order valence-corrected chi connectivity index (χ0v) is 16.5. The summed E-state index contributed by atoms with van der Waals surface area (Å²) in [6, 6.07) is 3.96. The molecule has 2 heterocycles. The first kappa shape index (κ1) is 18.2. The number of aromatic nitrogens is 3. The van der Waals surface area contributed by atoms with E-state index in [1.807, 2.05) is 12.1 Å². The molecule has 2 aromatic rings. The molecule has 144 valence electrons. The molecule has 0 aliphatic heterocycles. The molecular weight excluding hydrogens is 336 g/mol. The average Bonchev–Trinajstić information content (AvgIpc) is 3.41. The van der Waals surface area contributed by atoms with E-state index in [2.05, 4.69) is 47.1 Å². The predicted octanol–water partition coefficient (Wildman–Crippen LogP) is 3.88. The van der Waals surface area contributed by atoms with Crippen LogP contribution in [0, 0.1) is 29.6 Å². The highest BCUT2D eigenvalue weighted by Gasteiger charge is 2.34. The van der Waals surface area contributed by atoms with Crippen molar-refractivity contribution in [3.8, 4) is 0 Å². The van der Waals surface area contributed by atoms with Crippen molar-refractivity contribution in [2.45, 2.75) is 46.5 Å². The summed E-state index contributed by atoms with van der Waals surface area (Å²) in [7, 11) is 0. The molecule has 1 fully saturated rings. The third-order valence-electron chi connectivity index (χ3n) is 6.29. The number of H-pyrrole nitrogens is 1. The zero-order valence-electron chi connectivity index (χ0n) is 16.5. The number of nitrogens with zero attached hydrogens (tertiary/aromatic N) is 2. The van der Waals surface area contributed by atoms with Crippen LogP contribution in [-0.2, 0) is 11.2 Å². The number of hydrogen-bond donors (Lipinski definition) is 2. The molecule has 0 spiro atoms. The van der Waals surface area contributed by atoms with E-state index in [1.165, 1.54) is 5.57 Å². The third-order valence-corrected chi connectivity index (χ3v) is 6.29. The first-order valence-electron chi connectivity index (χ1n) is 10.3. The molecule has 4 rings (SSSR count). The monoisotopic (exact) mass is 366 g/mol. The normalized spacial score (nSPS) is 25.6. The lowest BCUT2D eigenvalue weighted by Gasteiger charge is -2.37. The second-order valence-electron chi connectivity index (χ2n) is 8.70. The van der Waals surface area contributed by atoms with Gasteiger partial charge in [-0.15, -0.1) is 0 Å². The van der Waals surface area contributed by atoms with E-state index >= 15 is 0 Å². The predicted molar refractivity (Wildman–Crippen MR) is 107 cm³/mol. The highest BCUT2D eigenvalue weighted by molar-refractivity contribution is 5.80.